The van der Waals surface area contributed by atoms with Gasteiger partial charge in [0.2, 0.25) is 0 Å². The van der Waals surface area contributed by atoms with E-state index in [-0.39, 0.29) is 6.04 Å². The summed E-state index contributed by atoms with van der Waals surface area (Å²) in [4.78, 5) is 4.44. The lowest BCUT2D eigenvalue weighted by Gasteiger charge is -2.15. The molecule has 1 unspecified atom stereocenters. The predicted octanol–water partition coefficient (Wildman–Crippen LogP) is 2.88. The van der Waals surface area contributed by atoms with Gasteiger partial charge in [-0.05, 0) is 31.2 Å². The van der Waals surface area contributed by atoms with Crippen LogP contribution in [0.5, 0.6) is 0 Å². The number of rotatable bonds is 5. The van der Waals surface area contributed by atoms with Gasteiger partial charge in [-0.25, -0.2) is 0 Å². The van der Waals surface area contributed by atoms with Crippen LogP contribution in [0.3, 0.4) is 0 Å². The van der Waals surface area contributed by atoms with Crippen LogP contribution in [-0.2, 0) is 6.42 Å². The van der Waals surface area contributed by atoms with Crippen molar-refractivity contribution in [1.29, 1.82) is 0 Å². The van der Waals surface area contributed by atoms with Crippen LogP contribution in [0.15, 0.2) is 41.3 Å². The standard InChI is InChI=1S/C14H18N2O/c1-3-15-14(12-6-7-17-10-12)8-13-5-4-11(2)9-16-13/h4-7,9-10,14-15H,3,8H2,1-2H3. The zero-order valence-corrected chi connectivity index (χ0v) is 10.3. The molecule has 3 heteroatoms. The highest BCUT2D eigenvalue weighted by atomic mass is 16.3. The first-order valence-electron chi connectivity index (χ1n) is 5.96. The number of hydrogen-bond acceptors (Lipinski definition) is 3. The van der Waals surface area contributed by atoms with Crippen molar-refractivity contribution in [2.45, 2.75) is 26.3 Å². The van der Waals surface area contributed by atoms with Crippen LogP contribution in [0.4, 0.5) is 0 Å². The number of furan rings is 1. The van der Waals surface area contributed by atoms with E-state index in [4.69, 9.17) is 4.42 Å². The summed E-state index contributed by atoms with van der Waals surface area (Å²) in [6.07, 6.45) is 6.30. The van der Waals surface area contributed by atoms with Gasteiger partial charge in [0.05, 0.1) is 12.5 Å². The molecule has 0 aliphatic rings. The molecule has 0 saturated carbocycles. The van der Waals surface area contributed by atoms with Crippen molar-refractivity contribution in [3.8, 4) is 0 Å². The molecule has 0 radical (unpaired) electrons. The molecule has 0 bridgehead atoms. The highest BCUT2D eigenvalue weighted by Crippen LogP contribution is 2.17. The van der Waals surface area contributed by atoms with E-state index in [0.29, 0.717) is 0 Å². The number of aromatic nitrogens is 1. The fourth-order valence-corrected chi connectivity index (χ4v) is 1.86. The summed E-state index contributed by atoms with van der Waals surface area (Å²) in [6.45, 7) is 5.09. The molecule has 2 aromatic heterocycles. The Kier molecular flexibility index (Phi) is 3.94. The fourth-order valence-electron chi connectivity index (χ4n) is 1.86. The second kappa shape index (κ2) is 5.64. The summed E-state index contributed by atoms with van der Waals surface area (Å²) >= 11 is 0. The first-order valence-corrected chi connectivity index (χ1v) is 5.96. The van der Waals surface area contributed by atoms with Crippen molar-refractivity contribution in [1.82, 2.24) is 10.3 Å². The van der Waals surface area contributed by atoms with Gasteiger partial charge in [-0.3, -0.25) is 4.98 Å². The first kappa shape index (κ1) is 11.9. The lowest BCUT2D eigenvalue weighted by atomic mass is 10.0. The van der Waals surface area contributed by atoms with Crippen molar-refractivity contribution < 1.29 is 4.42 Å². The van der Waals surface area contributed by atoms with E-state index in [0.717, 1.165) is 18.7 Å². The summed E-state index contributed by atoms with van der Waals surface area (Å²) < 4.78 is 5.14. The van der Waals surface area contributed by atoms with Gasteiger partial charge in [0.1, 0.15) is 0 Å². The summed E-state index contributed by atoms with van der Waals surface area (Å²) in [7, 11) is 0. The van der Waals surface area contributed by atoms with Gasteiger partial charge in [0.25, 0.3) is 0 Å². The molecule has 0 aliphatic carbocycles. The lowest BCUT2D eigenvalue weighted by molar-refractivity contribution is 0.521. The Hall–Kier alpha value is -1.61. The SMILES string of the molecule is CCNC(Cc1ccc(C)cn1)c1ccoc1. The van der Waals surface area contributed by atoms with Gasteiger partial charge in [0, 0.05) is 29.9 Å². The number of pyridine rings is 1. The largest absolute Gasteiger partial charge is 0.472 e. The molecule has 0 spiro atoms. The normalized spacial score (nSPS) is 12.6. The number of nitrogens with one attached hydrogen (secondary N) is 1. The Balaban J connectivity index is 2.10. The molecule has 2 rings (SSSR count). The van der Waals surface area contributed by atoms with Gasteiger partial charge >= 0.3 is 0 Å². The Morgan fingerprint density at radius 2 is 2.24 bits per heavy atom. The number of likely N-dealkylation sites (N-methyl/N-ethyl adjacent to an activating group) is 1. The van der Waals surface area contributed by atoms with Gasteiger partial charge < -0.3 is 9.73 Å². The molecular weight excluding hydrogens is 212 g/mol. The Labute approximate surface area is 102 Å². The molecule has 0 aliphatic heterocycles. The highest BCUT2D eigenvalue weighted by molar-refractivity contribution is 5.18. The third-order valence-electron chi connectivity index (χ3n) is 2.78. The second-order valence-electron chi connectivity index (χ2n) is 4.20. The minimum atomic E-state index is 0.272. The van der Waals surface area contributed by atoms with E-state index in [2.05, 4.69) is 36.3 Å². The monoisotopic (exact) mass is 230 g/mol. The van der Waals surface area contributed by atoms with Crippen LogP contribution in [0.1, 0.15) is 29.8 Å². The minimum absolute atomic E-state index is 0.272. The zero-order valence-electron chi connectivity index (χ0n) is 10.3. The first-order chi connectivity index (χ1) is 8.29. The van der Waals surface area contributed by atoms with Crippen molar-refractivity contribution in [3.05, 3.63) is 53.7 Å². The fraction of sp³-hybridized carbons (Fsp3) is 0.357. The van der Waals surface area contributed by atoms with Crippen LogP contribution >= 0.6 is 0 Å². The average molecular weight is 230 g/mol. The number of aryl methyl sites for hydroxylation is 1. The second-order valence-corrected chi connectivity index (χ2v) is 4.20. The highest BCUT2D eigenvalue weighted by Gasteiger charge is 2.12. The van der Waals surface area contributed by atoms with Crippen molar-refractivity contribution >= 4 is 0 Å². The lowest BCUT2D eigenvalue weighted by Crippen LogP contribution is -2.22. The topological polar surface area (TPSA) is 38.1 Å². The smallest absolute Gasteiger partial charge is 0.0950 e. The van der Waals surface area contributed by atoms with E-state index in [1.54, 1.807) is 12.5 Å². The molecule has 0 saturated heterocycles. The Morgan fingerprint density at radius 3 is 2.82 bits per heavy atom. The van der Waals surface area contributed by atoms with E-state index in [9.17, 15) is 0 Å². The third-order valence-corrected chi connectivity index (χ3v) is 2.78. The summed E-state index contributed by atoms with van der Waals surface area (Å²) in [6, 6.07) is 6.45. The quantitative estimate of drug-likeness (QED) is 0.858. The van der Waals surface area contributed by atoms with Crippen LogP contribution in [-0.4, -0.2) is 11.5 Å². The molecule has 0 amide bonds. The van der Waals surface area contributed by atoms with Gasteiger partial charge in [0.15, 0.2) is 0 Å². The zero-order chi connectivity index (χ0) is 12.1. The number of nitrogens with zero attached hydrogens (tertiary/aromatic N) is 1. The Bertz CT molecular complexity index is 434. The molecule has 1 atom stereocenters. The maximum atomic E-state index is 5.14. The van der Waals surface area contributed by atoms with Crippen molar-refractivity contribution in [2.24, 2.45) is 0 Å². The molecule has 2 heterocycles. The van der Waals surface area contributed by atoms with Gasteiger partial charge in [-0.1, -0.05) is 13.0 Å². The van der Waals surface area contributed by atoms with E-state index >= 15 is 0 Å². The van der Waals surface area contributed by atoms with Crippen molar-refractivity contribution in [3.63, 3.8) is 0 Å². The summed E-state index contributed by atoms with van der Waals surface area (Å²) in [5, 5.41) is 3.45. The van der Waals surface area contributed by atoms with E-state index < -0.39 is 0 Å². The predicted molar refractivity (Wildman–Crippen MR) is 67.8 cm³/mol. The van der Waals surface area contributed by atoms with Gasteiger partial charge in [-0.15, -0.1) is 0 Å². The third kappa shape index (κ3) is 3.17. The maximum Gasteiger partial charge on any atom is 0.0950 e. The molecule has 3 nitrogen and oxygen atoms in total. The van der Waals surface area contributed by atoms with Crippen LogP contribution in [0.25, 0.3) is 0 Å². The van der Waals surface area contributed by atoms with E-state index in [1.807, 2.05) is 12.3 Å². The molecule has 0 aromatic carbocycles. The summed E-state index contributed by atoms with van der Waals surface area (Å²) in [5.41, 5.74) is 3.47. The van der Waals surface area contributed by atoms with Crippen molar-refractivity contribution in [2.75, 3.05) is 6.54 Å². The minimum Gasteiger partial charge on any atom is -0.472 e. The number of hydrogen-bond donors (Lipinski definition) is 1. The molecule has 2 aromatic rings. The molecular formula is C14H18N2O. The average Bonchev–Trinajstić information content (AvgIpc) is 2.85. The molecule has 0 fully saturated rings. The van der Waals surface area contributed by atoms with Crippen LogP contribution in [0, 0.1) is 6.92 Å². The Morgan fingerprint density at radius 1 is 1.35 bits per heavy atom. The maximum absolute atomic E-state index is 5.14. The molecule has 17 heavy (non-hydrogen) atoms. The van der Waals surface area contributed by atoms with Crippen LogP contribution in [0.2, 0.25) is 0 Å². The van der Waals surface area contributed by atoms with E-state index in [1.165, 1.54) is 11.1 Å². The van der Waals surface area contributed by atoms with Crippen LogP contribution < -0.4 is 5.32 Å². The molecule has 1 N–H and O–H groups in total. The molecule has 90 valence electrons. The van der Waals surface area contributed by atoms with Gasteiger partial charge in [-0.2, -0.15) is 0 Å². The summed E-state index contributed by atoms with van der Waals surface area (Å²) in [5.74, 6) is 0.